The van der Waals surface area contributed by atoms with Gasteiger partial charge in [0.15, 0.2) is 0 Å². The molecule has 0 bridgehead atoms. The molecule has 0 saturated carbocycles. The largest absolute Gasteiger partial charge is 0.466 e. The van der Waals surface area contributed by atoms with Gasteiger partial charge in [-0.2, -0.15) is 0 Å². The van der Waals surface area contributed by atoms with Crippen molar-refractivity contribution in [3.05, 3.63) is 62.5 Å². The maximum atomic E-state index is 12.9. The second-order valence-corrected chi connectivity index (χ2v) is 9.11. The lowest BCUT2D eigenvalue weighted by atomic mass is 10.2. The van der Waals surface area contributed by atoms with Gasteiger partial charge in [-0.1, -0.05) is 28.1 Å². The number of aryl methyl sites for hydroxylation is 1. The Morgan fingerprint density at radius 3 is 2.81 bits per heavy atom. The summed E-state index contributed by atoms with van der Waals surface area (Å²) in [6, 6.07) is 7.10. The predicted octanol–water partition coefficient (Wildman–Crippen LogP) is 4.06. The van der Waals surface area contributed by atoms with Gasteiger partial charge in [-0.3, -0.25) is 14.4 Å². The van der Waals surface area contributed by atoms with Crippen LogP contribution in [-0.4, -0.2) is 45.0 Å². The van der Waals surface area contributed by atoms with Crippen LogP contribution in [0.5, 0.6) is 0 Å². The van der Waals surface area contributed by atoms with Crippen molar-refractivity contribution in [1.29, 1.82) is 0 Å². The Kier molecular flexibility index (Phi) is 8.03. The first kappa shape index (κ1) is 23.9. The molecule has 2 aromatic rings. The average Bonchev–Trinajstić information content (AvgIpc) is 2.91. The van der Waals surface area contributed by atoms with E-state index in [9.17, 15) is 14.4 Å². The van der Waals surface area contributed by atoms with Gasteiger partial charge in [0.1, 0.15) is 11.6 Å². The van der Waals surface area contributed by atoms with Gasteiger partial charge in [0.05, 0.1) is 19.7 Å². The summed E-state index contributed by atoms with van der Waals surface area (Å²) in [6.45, 7) is 5.37. The molecule has 32 heavy (non-hydrogen) atoms. The lowest BCUT2D eigenvalue weighted by Crippen LogP contribution is -2.32. The monoisotopic (exact) mass is 518 g/mol. The number of nitrogens with zero attached hydrogens (tertiary/aromatic N) is 3. The standard InChI is InChI=1S/C22H23BrN4O4S/c1-13(27-12-17-10-24-14(2)26-21(17)25-11-20(27)29)19(7-8-31-15(3)28)32-22(30)16-5-4-6-18(23)9-16/h4-6,9-10H,7-8,11-12H2,1-3H3,(H,24,25,26)/b19-13-. The zero-order valence-corrected chi connectivity index (χ0v) is 20.4. The number of fused-ring (bicyclic) bond motifs is 1. The number of carbonyl (C=O) groups excluding carboxylic acids is 3. The molecule has 0 atom stereocenters. The Balaban J connectivity index is 1.91. The molecule has 1 N–H and O–H groups in total. The molecule has 1 aliphatic rings. The van der Waals surface area contributed by atoms with Gasteiger partial charge in [0, 0.05) is 45.7 Å². The lowest BCUT2D eigenvalue weighted by Gasteiger charge is -2.24. The van der Waals surface area contributed by atoms with Gasteiger partial charge in [-0.15, -0.1) is 0 Å². The number of hydrogen-bond acceptors (Lipinski definition) is 8. The number of aromatic nitrogens is 2. The number of nitrogens with one attached hydrogen (secondary N) is 1. The first-order valence-electron chi connectivity index (χ1n) is 9.92. The van der Waals surface area contributed by atoms with Gasteiger partial charge < -0.3 is 15.0 Å². The van der Waals surface area contributed by atoms with E-state index in [0.717, 1.165) is 21.8 Å². The van der Waals surface area contributed by atoms with Crippen LogP contribution in [0.4, 0.5) is 5.82 Å². The highest BCUT2D eigenvalue weighted by atomic mass is 79.9. The molecule has 8 nitrogen and oxygen atoms in total. The predicted molar refractivity (Wildman–Crippen MR) is 126 cm³/mol. The third kappa shape index (κ3) is 6.17. The quantitative estimate of drug-likeness (QED) is 0.571. The van der Waals surface area contributed by atoms with E-state index in [-0.39, 0.29) is 30.7 Å². The van der Waals surface area contributed by atoms with Crippen molar-refractivity contribution in [3.63, 3.8) is 0 Å². The molecule has 168 valence electrons. The minimum absolute atomic E-state index is 0.0717. The normalized spacial score (nSPS) is 14.1. The van der Waals surface area contributed by atoms with E-state index < -0.39 is 5.97 Å². The smallest absolute Gasteiger partial charge is 0.302 e. The van der Waals surface area contributed by atoms with E-state index in [4.69, 9.17) is 4.74 Å². The Morgan fingerprint density at radius 2 is 2.09 bits per heavy atom. The van der Waals surface area contributed by atoms with Crippen molar-refractivity contribution in [2.45, 2.75) is 33.7 Å². The third-order valence-corrected chi connectivity index (χ3v) is 6.40. The van der Waals surface area contributed by atoms with Crippen molar-refractivity contribution >= 4 is 50.5 Å². The SMILES string of the molecule is CC(=O)OCC/C(SC(=O)c1cccc(Br)c1)=C(\C)N1Cc2cnc(C)nc2NCC1=O. The fourth-order valence-electron chi connectivity index (χ4n) is 3.11. The number of anilines is 1. The van der Waals surface area contributed by atoms with Gasteiger partial charge in [0.25, 0.3) is 0 Å². The van der Waals surface area contributed by atoms with Crippen LogP contribution in [0.15, 0.2) is 45.5 Å². The summed E-state index contributed by atoms with van der Waals surface area (Å²) in [7, 11) is 0. The maximum absolute atomic E-state index is 12.9. The van der Waals surface area contributed by atoms with Crippen molar-refractivity contribution in [3.8, 4) is 0 Å². The van der Waals surface area contributed by atoms with E-state index in [1.165, 1.54) is 6.92 Å². The summed E-state index contributed by atoms with van der Waals surface area (Å²) in [4.78, 5) is 47.9. The molecule has 0 saturated heterocycles. The molecule has 10 heteroatoms. The number of allylic oxidation sites excluding steroid dienone is 1. The molecule has 1 aromatic carbocycles. The van der Waals surface area contributed by atoms with Crippen LogP contribution >= 0.6 is 27.7 Å². The minimum atomic E-state index is -0.401. The van der Waals surface area contributed by atoms with E-state index in [1.54, 1.807) is 43.1 Å². The number of esters is 1. The number of carbonyl (C=O) groups is 3. The molecule has 1 aromatic heterocycles. The van der Waals surface area contributed by atoms with Crippen molar-refractivity contribution in [2.75, 3.05) is 18.5 Å². The maximum Gasteiger partial charge on any atom is 0.302 e. The van der Waals surface area contributed by atoms with Gasteiger partial charge in [-0.05, 0) is 37.7 Å². The number of halogens is 1. The van der Waals surface area contributed by atoms with Crippen LogP contribution in [0.1, 0.15) is 42.0 Å². The number of rotatable bonds is 6. The second-order valence-electron chi connectivity index (χ2n) is 7.12. The minimum Gasteiger partial charge on any atom is -0.466 e. The summed E-state index contributed by atoms with van der Waals surface area (Å²) >= 11 is 4.42. The summed E-state index contributed by atoms with van der Waals surface area (Å²) in [5.74, 6) is 0.683. The molecule has 1 amide bonds. The van der Waals surface area contributed by atoms with E-state index in [2.05, 4.69) is 31.2 Å². The highest BCUT2D eigenvalue weighted by Crippen LogP contribution is 2.31. The van der Waals surface area contributed by atoms with Crippen LogP contribution in [0, 0.1) is 6.92 Å². The molecule has 0 spiro atoms. The van der Waals surface area contributed by atoms with Crippen LogP contribution in [0.25, 0.3) is 0 Å². The summed E-state index contributed by atoms with van der Waals surface area (Å²) in [6.07, 6.45) is 2.01. The molecule has 0 radical (unpaired) electrons. The first-order chi connectivity index (χ1) is 15.2. The van der Waals surface area contributed by atoms with Gasteiger partial charge in [-0.25, -0.2) is 9.97 Å². The van der Waals surface area contributed by atoms with Gasteiger partial charge in [0.2, 0.25) is 11.0 Å². The fraction of sp³-hybridized carbons (Fsp3) is 0.318. The topological polar surface area (TPSA) is 101 Å². The number of benzene rings is 1. The van der Waals surface area contributed by atoms with Crippen molar-refractivity contribution in [1.82, 2.24) is 14.9 Å². The fourth-order valence-corrected chi connectivity index (χ4v) is 4.42. The zero-order chi connectivity index (χ0) is 23.3. The number of amides is 1. The second kappa shape index (κ2) is 10.7. The lowest BCUT2D eigenvalue weighted by molar-refractivity contribution is -0.140. The summed E-state index contributed by atoms with van der Waals surface area (Å²) in [5, 5.41) is 2.89. The van der Waals surface area contributed by atoms with E-state index in [1.807, 2.05) is 6.07 Å². The molecule has 0 unspecified atom stereocenters. The molecular weight excluding hydrogens is 496 g/mol. The van der Waals surface area contributed by atoms with Crippen molar-refractivity contribution < 1.29 is 19.1 Å². The van der Waals surface area contributed by atoms with Crippen LogP contribution in [0.3, 0.4) is 0 Å². The number of ether oxygens (including phenoxy) is 1. The molecule has 0 fully saturated rings. The Hall–Kier alpha value is -2.72. The Bertz CT molecular complexity index is 1090. The summed E-state index contributed by atoms with van der Waals surface area (Å²) < 4.78 is 5.89. The highest BCUT2D eigenvalue weighted by Gasteiger charge is 2.25. The molecule has 1 aliphatic heterocycles. The van der Waals surface area contributed by atoms with Gasteiger partial charge >= 0.3 is 5.97 Å². The number of hydrogen-bond donors (Lipinski definition) is 1. The van der Waals surface area contributed by atoms with Crippen LogP contribution < -0.4 is 5.32 Å². The molecule has 0 aliphatic carbocycles. The molecular formula is C22H23BrN4O4S. The van der Waals surface area contributed by atoms with E-state index in [0.29, 0.717) is 34.2 Å². The Labute approximate surface area is 199 Å². The zero-order valence-electron chi connectivity index (χ0n) is 18.0. The highest BCUT2D eigenvalue weighted by molar-refractivity contribution is 9.10. The average molecular weight is 519 g/mol. The third-order valence-electron chi connectivity index (χ3n) is 4.74. The van der Waals surface area contributed by atoms with E-state index >= 15 is 0 Å². The molecule has 2 heterocycles. The summed E-state index contributed by atoms with van der Waals surface area (Å²) in [5.41, 5.74) is 1.94. The van der Waals surface area contributed by atoms with Crippen LogP contribution in [-0.2, 0) is 20.9 Å². The van der Waals surface area contributed by atoms with Crippen LogP contribution in [0.2, 0.25) is 0 Å². The number of thioether (sulfide) groups is 1. The Morgan fingerprint density at radius 1 is 1.31 bits per heavy atom. The first-order valence-corrected chi connectivity index (χ1v) is 11.5. The van der Waals surface area contributed by atoms with Crippen molar-refractivity contribution in [2.24, 2.45) is 0 Å². The molecule has 3 rings (SSSR count).